The quantitative estimate of drug-likeness (QED) is 0.796. The average Bonchev–Trinajstić information content (AvgIpc) is 2.82. The van der Waals surface area contributed by atoms with Gasteiger partial charge in [-0.25, -0.2) is 8.42 Å². The molecule has 0 aliphatic carbocycles. The Balaban J connectivity index is 1.68. The lowest BCUT2D eigenvalue weighted by atomic mass is 10.1. The molecule has 1 saturated heterocycles. The summed E-state index contributed by atoms with van der Waals surface area (Å²) in [7, 11) is -3.56. The van der Waals surface area contributed by atoms with Crippen LogP contribution in [0.15, 0.2) is 34.8 Å². The third-order valence-corrected chi connectivity index (χ3v) is 6.45. The molecule has 136 valence electrons. The lowest BCUT2D eigenvalue weighted by Crippen LogP contribution is -2.31. The number of amidine groups is 1. The first-order chi connectivity index (χ1) is 12.0. The number of nitrogens with zero attached hydrogens (tertiary/aromatic N) is 2. The molecule has 2 heterocycles. The van der Waals surface area contributed by atoms with E-state index in [0.717, 1.165) is 13.0 Å². The van der Waals surface area contributed by atoms with Gasteiger partial charge in [-0.2, -0.15) is 0 Å². The number of halogens is 1. The summed E-state index contributed by atoms with van der Waals surface area (Å²) < 4.78 is 27.5. The van der Waals surface area contributed by atoms with Gasteiger partial charge in [0.25, 0.3) is 10.0 Å². The minimum Gasteiger partial charge on any atom is -0.303 e. The number of nitrogens with one attached hydrogen (secondary N) is 1. The van der Waals surface area contributed by atoms with E-state index in [1.54, 1.807) is 31.2 Å². The first-order valence-electron chi connectivity index (χ1n) is 8.74. The zero-order chi connectivity index (χ0) is 17.9. The molecule has 5 nitrogen and oxygen atoms in total. The molecule has 0 aromatic heterocycles. The number of rotatable bonds is 5. The molecule has 0 bridgehead atoms. The summed E-state index contributed by atoms with van der Waals surface area (Å²) in [6.45, 7) is 5.78. The zero-order valence-electron chi connectivity index (χ0n) is 14.5. The van der Waals surface area contributed by atoms with Gasteiger partial charge < -0.3 is 4.90 Å². The van der Waals surface area contributed by atoms with Crippen molar-refractivity contribution in [1.29, 1.82) is 0 Å². The predicted octanol–water partition coefficient (Wildman–Crippen LogP) is 3.28. The van der Waals surface area contributed by atoms with Gasteiger partial charge >= 0.3 is 0 Å². The summed E-state index contributed by atoms with van der Waals surface area (Å²) in [5, 5.41) is 0.581. The van der Waals surface area contributed by atoms with Crippen LogP contribution in [0, 0.1) is 0 Å². The fraction of sp³-hybridized carbons (Fsp3) is 0.500. The Kier molecular flexibility index (Phi) is 5.81. The molecule has 0 radical (unpaired) electrons. The van der Waals surface area contributed by atoms with E-state index in [-0.39, 0.29) is 0 Å². The molecule has 0 amide bonds. The number of hydrogen-bond acceptors (Lipinski definition) is 4. The molecule has 7 heteroatoms. The number of piperidine rings is 1. The van der Waals surface area contributed by atoms with Crippen molar-refractivity contribution in [3.05, 3.63) is 40.4 Å². The van der Waals surface area contributed by atoms with E-state index in [2.05, 4.69) is 14.6 Å². The van der Waals surface area contributed by atoms with Crippen LogP contribution in [0.5, 0.6) is 0 Å². The number of hydrogen-bond donors (Lipinski definition) is 1. The highest BCUT2D eigenvalue weighted by molar-refractivity contribution is 8.00. The lowest BCUT2D eigenvalue weighted by Gasteiger charge is -2.25. The molecule has 1 aromatic carbocycles. The number of aliphatic imine (C=N–C) groups is 1. The minimum absolute atomic E-state index is 0.291. The first-order valence-corrected chi connectivity index (χ1v) is 10.6. The van der Waals surface area contributed by atoms with Gasteiger partial charge in [0.1, 0.15) is 10.7 Å². The molecule has 3 rings (SSSR count). The Labute approximate surface area is 154 Å². The molecule has 1 aromatic rings. The van der Waals surface area contributed by atoms with Gasteiger partial charge in [0.2, 0.25) is 0 Å². The van der Waals surface area contributed by atoms with E-state index in [1.807, 2.05) is 0 Å². The molecular weight excluding hydrogens is 358 g/mol. The van der Waals surface area contributed by atoms with Crippen LogP contribution >= 0.6 is 11.6 Å². The molecule has 2 aliphatic rings. The first kappa shape index (κ1) is 18.4. The van der Waals surface area contributed by atoms with Gasteiger partial charge in [0.15, 0.2) is 0 Å². The van der Waals surface area contributed by atoms with Gasteiger partial charge in [-0.3, -0.25) is 9.71 Å². The average molecular weight is 382 g/mol. The van der Waals surface area contributed by atoms with Gasteiger partial charge in [-0.15, -0.1) is 0 Å². The van der Waals surface area contributed by atoms with Crippen LogP contribution in [-0.2, 0) is 10.0 Å². The second-order valence-electron chi connectivity index (χ2n) is 6.55. The summed E-state index contributed by atoms with van der Waals surface area (Å²) in [6.07, 6.45) is 4.83. The van der Waals surface area contributed by atoms with Crippen LogP contribution in [-0.4, -0.2) is 45.3 Å². The largest absolute Gasteiger partial charge is 0.303 e. The van der Waals surface area contributed by atoms with E-state index in [1.165, 1.54) is 32.4 Å². The summed E-state index contributed by atoms with van der Waals surface area (Å²) >= 11 is 5.89. The van der Waals surface area contributed by atoms with Crippen molar-refractivity contribution in [1.82, 2.24) is 9.62 Å². The summed E-state index contributed by atoms with van der Waals surface area (Å²) in [4.78, 5) is 7.25. The standard InChI is InChI=1S/C18H24ClN3O2S/c1-14-17(15-6-8-16(19)9-7-15)25(23,24)21-18(14)20-10-5-13-22-11-3-2-4-12-22/h6-9H,2-5,10-13H2,1H3,(H,20,21). The SMILES string of the molecule is CC1=C(c2ccc(Cl)cc2)S(=O)(=O)NC1=NCCCN1CCCCC1. The Bertz CT molecular complexity index is 779. The maximum atomic E-state index is 12.5. The molecule has 2 aliphatic heterocycles. The van der Waals surface area contributed by atoms with Crippen molar-refractivity contribution in [3.63, 3.8) is 0 Å². The Morgan fingerprint density at radius 3 is 2.52 bits per heavy atom. The zero-order valence-corrected chi connectivity index (χ0v) is 16.0. The summed E-state index contributed by atoms with van der Waals surface area (Å²) in [5.41, 5.74) is 1.30. The molecule has 1 fully saturated rings. The van der Waals surface area contributed by atoms with E-state index >= 15 is 0 Å². The molecule has 0 spiro atoms. The molecule has 0 saturated carbocycles. The second-order valence-corrected chi connectivity index (χ2v) is 8.61. The van der Waals surface area contributed by atoms with E-state index in [9.17, 15) is 8.42 Å². The van der Waals surface area contributed by atoms with Crippen LogP contribution in [0.1, 0.15) is 38.2 Å². The second kappa shape index (κ2) is 7.89. The smallest absolute Gasteiger partial charge is 0.264 e. The van der Waals surface area contributed by atoms with E-state index in [0.29, 0.717) is 33.4 Å². The molecule has 25 heavy (non-hydrogen) atoms. The van der Waals surface area contributed by atoms with Crippen LogP contribution in [0.2, 0.25) is 5.02 Å². The molecule has 0 atom stereocenters. The van der Waals surface area contributed by atoms with Crippen molar-refractivity contribution < 1.29 is 8.42 Å². The van der Waals surface area contributed by atoms with Gasteiger partial charge in [-0.1, -0.05) is 30.2 Å². The fourth-order valence-electron chi connectivity index (χ4n) is 3.36. The Morgan fingerprint density at radius 2 is 1.84 bits per heavy atom. The minimum atomic E-state index is -3.56. The third-order valence-electron chi connectivity index (χ3n) is 4.65. The van der Waals surface area contributed by atoms with Crippen molar-refractivity contribution >= 4 is 32.4 Å². The van der Waals surface area contributed by atoms with Crippen molar-refractivity contribution in [3.8, 4) is 0 Å². The third kappa shape index (κ3) is 4.43. The van der Waals surface area contributed by atoms with Crippen molar-refractivity contribution in [2.45, 2.75) is 32.6 Å². The topological polar surface area (TPSA) is 61.8 Å². The van der Waals surface area contributed by atoms with Gasteiger partial charge in [0.05, 0.1) is 0 Å². The number of sulfonamides is 1. The predicted molar refractivity (Wildman–Crippen MR) is 103 cm³/mol. The van der Waals surface area contributed by atoms with Crippen LogP contribution in [0.4, 0.5) is 0 Å². The Morgan fingerprint density at radius 1 is 1.16 bits per heavy atom. The summed E-state index contributed by atoms with van der Waals surface area (Å²) in [5.74, 6) is 0.462. The van der Waals surface area contributed by atoms with Crippen LogP contribution < -0.4 is 4.72 Å². The normalized spacial score (nSPS) is 22.4. The molecule has 1 N–H and O–H groups in total. The van der Waals surface area contributed by atoms with Gasteiger partial charge in [-0.05, 0) is 63.5 Å². The molecule has 0 unspecified atom stereocenters. The maximum Gasteiger partial charge on any atom is 0.264 e. The van der Waals surface area contributed by atoms with Crippen molar-refractivity contribution in [2.24, 2.45) is 4.99 Å². The van der Waals surface area contributed by atoms with Crippen LogP contribution in [0.3, 0.4) is 0 Å². The number of benzene rings is 1. The highest BCUT2D eigenvalue weighted by atomic mass is 35.5. The van der Waals surface area contributed by atoms with E-state index in [4.69, 9.17) is 11.6 Å². The van der Waals surface area contributed by atoms with Crippen LogP contribution in [0.25, 0.3) is 4.91 Å². The number of likely N-dealkylation sites (tertiary alicyclic amines) is 1. The van der Waals surface area contributed by atoms with Gasteiger partial charge in [0, 0.05) is 17.1 Å². The molecular formula is C18H24ClN3O2S. The fourth-order valence-corrected chi connectivity index (χ4v) is 5.00. The highest BCUT2D eigenvalue weighted by Crippen LogP contribution is 2.30. The highest BCUT2D eigenvalue weighted by Gasteiger charge is 2.32. The van der Waals surface area contributed by atoms with E-state index < -0.39 is 10.0 Å². The summed E-state index contributed by atoms with van der Waals surface area (Å²) in [6, 6.07) is 6.83. The lowest BCUT2D eigenvalue weighted by molar-refractivity contribution is 0.228. The van der Waals surface area contributed by atoms with Crippen molar-refractivity contribution in [2.75, 3.05) is 26.2 Å². The Hall–Kier alpha value is -1.37. The monoisotopic (exact) mass is 381 g/mol. The maximum absolute atomic E-state index is 12.5.